The van der Waals surface area contributed by atoms with Gasteiger partial charge in [0.1, 0.15) is 12.4 Å². The van der Waals surface area contributed by atoms with Gasteiger partial charge in [-0.15, -0.1) is 0 Å². The van der Waals surface area contributed by atoms with Crippen molar-refractivity contribution in [2.75, 3.05) is 5.32 Å². The molecule has 0 radical (unpaired) electrons. The van der Waals surface area contributed by atoms with Crippen LogP contribution in [0.5, 0.6) is 5.75 Å². The molecule has 0 fully saturated rings. The molecule has 9 heteroatoms. The minimum atomic E-state index is -0.958. The van der Waals surface area contributed by atoms with Crippen molar-refractivity contribution in [3.63, 3.8) is 0 Å². The van der Waals surface area contributed by atoms with E-state index in [1.54, 1.807) is 18.2 Å². The number of carbonyl (C=O) groups excluding carboxylic acids is 2. The van der Waals surface area contributed by atoms with E-state index in [4.69, 9.17) is 27.9 Å². The Bertz CT molecular complexity index is 1120. The van der Waals surface area contributed by atoms with E-state index in [0.29, 0.717) is 22.9 Å². The highest BCUT2D eigenvalue weighted by Gasteiger charge is 2.15. The van der Waals surface area contributed by atoms with Crippen molar-refractivity contribution in [1.29, 1.82) is 0 Å². The first-order chi connectivity index (χ1) is 14.9. The normalized spacial score (nSPS) is 10.7. The molecule has 0 saturated carbocycles. The van der Waals surface area contributed by atoms with Crippen LogP contribution in [0.15, 0.2) is 76.3 Å². The zero-order valence-corrected chi connectivity index (χ0v) is 19.0. The van der Waals surface area contributed by atoms with Crippen molar-refractivity contribution in [3.8, 4) is 5.75 Å². The predicted octanol–water partition coefficient (Wildman–Crippen LogP) is 5.42. The third-order valence-electron chi connectivity index (χ3n) is 3.98. The van der Waals surface area contributed by atoms with E-state index >= 15 is 0 Å². The minimum absolute atomic E-state index is 0.227. The summed E-state index contributed by atoms with van der Waals surface area (Å²) in [5.41, 5.74) is 4.04. The lowest BCUT2D eigenvalue weighted by Gasteiger charge is -2.09. The molecule has 0 aliphatic heterocycles. The zero-order valence-electron chi connectivity index (χ0n) is 15.9. The van der Waals surface area contributed by atoms with Crippen molar-refractivity contribution in [2.45, 2.75) is 6.61 Å². The van der Waals surface area contributed by atoms with Crippen molar-refractivity contribution >= 4 is 62.8 Å². The molecule has 0 aliphatic rings. The lowest BCUT2D eigenvalue weighted by atomic mass is 10.2. The topological polar surface area (TPSA) is 79.8 Å². The fraction of sp³-hybridized carbons (Fsp3) is 0.0455. The number of nitrogens with zero attached hydrogens (tertiary/aromatic N) is 1. The van der Waals surface area contributed by atoms with Crippen molar-refractivity contribution in [2.24, 2.45) is 5.10 Å². The fourth-order valence-electron chi connectivity index (χ4n) is 2.44. The molecule has 2 amide bonds. The van der Waals surface area contributed by atoms with E-state index < -0.39 is 11.8 Å². The fourth-order valence-corrected chi connectivity index (χ4v) is 3.05. The van der Waals surface area contributed by atoms with E-state index in [1.165, 1.54) is 18.3 Å². The number of carbonyl (C=O) groups is 2. The molecule has 3 aromatic carbocycles. The highest BCUT2D eigenvalue weighted by Crippen LogP contribution is 2.25. The number of ether oxygens (including phenoxy) is 1. The Labute approximate surface area is 197 Å². The number of para-hydroxylation sites is 1. The van der Waals surface area contributed by atoms with Gasteiger partial charge in [-0.1, -0.05) is 63.4 Å². The zero-order chi connectivity index (χ0) is 22.2. The number of rotatable bonds is 6. The Morgan fingerprint density at radius 1 is 1.00 bits per heavy atom. The van der Waals surface area contributed by atoms with E-state index in [0.717, 1.165) is 10.0 Å². The predicted molar refractivity (Wildman–Crippen MR) is 126 cm³/mol. The average Bonchev–Trinajstić information content (AvgIpc) is 2.76. The molecule has 0 aliphatic carbocycles. The SMILES string of the molecule is O=C(N/N=C/c1ccccc1OCc1ccc(Br)cc1)C(=O)Nc1cc(Cl)ccc1Cl. The highest BCUT2D eigenvalue weighted by atomic mass is 79.9. The van der Waals surface area contributed by atoms with Crippen LogP contribution in [0.3, 0.4) is 0 Å². The van der Waals surface area contributed by atoms with Gasteiger partial charge < -0.3 is 10.1 Å². The van der Waals surface area contributed by atoms with Crippen LogP contribution >= 0.6 is 39.1 Å². The van der Waals surface area contributed by atoms with E-state index in [9.17, 15) is 9.59 Å². The van der Waals surface area contributed by atoms with Crippen LogP contribution in [0.4, 0.5) is 5.69 Å². The Morgan fingerprint density at radius 2 is 1.74 bits per heavy atom. The van der Waals surface area contributed by atoms with Crippen molar-refractivity contribution in [1.82, 2.24) is 5.43 Å². The van der Waals surface area contributed by atoms with Crippen molar-refractivity contribution < 1.29 is 14.3 Å². The van der Waals surface area contributed by atoms with Crippen LogP contribution in [0.2, 0.25) is 10.0 Å². The molecular weight excluding hydrogens is 505 g/mol. The number of nitrogens with one attached hydrogen (secondary N) is 2. The summed E-state index contributed by atoms with van der Waals surface area (Å²) < 4.78 is 6.83. The van der Waals surface area contributed by atoms with Gasteiger partial charge >= 0.3 is 11.8 Å². The second kappa shape index (κ2) is 10.9. The van der Waals surface area contributed by atoms with Gasteiger partial charge in [0.05, 0.1) is 16.9 Å². The summed E-state index contributed by atoms with van der Waals surface area (Å²) in [4.78, 5) is 24.1. The molecule has 0 bridgehead atoms. The van der Waals surface area contributed by atoms with E-state index in [-0.39, 0.29) is 10.7 Å². The number of hydrogen-bond donors (Lipinski definition) is 2. The number of halogens is 3. The molecule has 158 valence electrons. The summed E-state index contributed by atoms with van der Waals surface area (Å²) >= 11 is 15.2. The summed E-state index contributed by atoms with van der Waals surface area (Å²) in [6.45, 7) is 0.368. The van der Waals surface area contributed by atoms with E-state index in [2.05, 4.69) is 31.8 Å². The van der Waals surface area contributed by atoms with Gasteiger partial charge in [-0.3, -0.25) is 9.59 Å². The lowest BCUT2D eigenvalue weighted by molar-refractivity contribution is -0.136. The molecule has 3 aromatic rings. The smallest absolute Gasteiger partial charge is 0.329 e. The first kappa shape index (κ1) is 22.8. The van der Waals surface area contributed by atoms with Crippen LogP contribution in [0, 0.1) is 0 Å². The van der Waals surface area contributed by atoms with Gasteiger partial charge in [-0.25, -0.2) is 5.43 Å². The second-order valence-corrected chi connectivity index (χ2v) is 7.99. The van der Waals surface area contributed by atoms with Gasteiger partial charge in [0, 0.05) is 15.1 Å². The Kier molecular flexibility index (Phi) is 8.06. The van der Waals surface area contributed by atoms with Crippen LogP contribution < -0.4 is 15.5 Å². The molecule has 0 heterocycles. The summed E-state index contributed by atoms with van der Waals surface area (Å²) in [6.07, 6.45) is 1.40. The molecule has 0 aromatic heterocycles. The monoisotopic (exact) mass is 519 g/mol. The first-order valence-corrected chi connectivity index (χ1v) is 10.5. The summed E-state index contributed by atoms with van der Waals surface area (Å²) in [5.74, 6) is -1.31. The average molecular weight is 521 g/mol. The molecule has 31 heavy (non-hydrogen) atoms. The molecule has 0 spiro atoms. The quantitative estimate of drug-likeness (QED) is 0.258. The maximum atomic E-state index is 12.0. The Balaban J connectivity index is 1.58. The summed E-state index contributed by atoms with van der Waals surface area (Å²) in [7, 11) is 0. The number of amides is 2. The van der Waals surface area contributed by atoms with Crippen molar-refractivity contribution in [3.05, 3.63) is 92.4 Å². The van der Waals surface area contributed by atoms with Gasteiger partial charge in [0.15, 0.2) is 0 Å². The van der Waals surface area contributed by atoms with Gasteiger partial charge in [-0.2, -0.15) is 5.10 Å². The van der Waals surface area contributed by atoms with Crippen LogP contribution in [-0.4, -0.2) is 18.0 Å². The lowest BCUT2D eigenvalue weighted by Crippen LogP contribution is -2.32. The van der Waals surface area contributed by atoms with Crippen LogP contribution in [-0.2, 0) is 16.2 Å². The molecular formula is C22H16BrCl2N3O3. The van der Waals surface area contributed by atoms with Crippen LogP contribution in [0.25, 0.3) is 0 Å². The molecule has 0 saturated heterocycles. The molecule has 0 unspecified atom stereocenters. The molecule has 6 nitrogen and oxygen atoms in total. The maximum absolute atomic E-state index is 12.0. The number of hydrogen-bond acceptors (Lipinski definition) is 4. The Hall–Kier alpha value is -2.87. The molecule has 3 rings (SSSR count). The third kappa shape index (κ3) is 6.82. The highest BCUT2D eigenvalue weighted by molar-refractivity contribution is 9.10. The first-order valence-electron chi connectivity index (χ1n) is 8.98. The molecule has 2 N–H and O–H groups in total. The summed E-state index contributed by atoms with van der Waals surface area (Å²) in [5, 5.41) is 6.85. The number of anilines is 1. The molecule has 0 atom stereocenters. The van der Waals surface area contributed by atoms with Crippen LogP contribution in [0.1, 0.15) is 11.1 Å². The largest absolute Gasteiger partial charge is 0.488 e. The number of benzene rings is 3. The van der Waals surface area contributed by atoms with Gasteiger partial charge in [0.25, 0.3) is 0 Å². The third-order valence-corrected chi connectivity index (χ3v) is 5.07. The second-order valence-electron chi connectivity index (χ2n) is 6.23. The van der Waals surface area contributed by atoms with Gasteiger partial charge in [-0.05, 0) is 48.0 Å². The van der Waals surface area contributed by atoms with Gasteiger partial charge in [0.2, 0.25) is 0 Å². The minimum Gasteiger partial charge on any atom is -0.488 e. The standard InChI is InChI=1S/C22H16BrCl2N3O3/c23-16-7-5-14(6-8-16)13-31-20-4-2-1-3-15(20)12-26-28-22(30)21(29)27-19-11-17(24)9-10-18(19)25/h1-12H,13H2,(H,27,29)(H,28,30)/b26-12+. The Morgan fingerprint density at radius 3 is 2.52 bits per heavy atom. The summed E-state index contributed by atoms with van der Waals surface area (Å²) in [6, 6.07) is 19.5. The van der Waals surface area contributed by atoms with E-state index in [1.807, 2.05) is 36.4 Å². The maximum Gasteiger partial charge on any atom is 0.329 e. The number of hydrazone groups is 1.